The van der Waals surface area contributed by atoms with E-state index in [-0.39, 0.29) is 11.8 Å². The number of aromatic amines is 1. The van der Waals surface area contributed by atoms with Crippen LogP contribution >= 0.6 is 0 Å². The number of nitrogens with zero attached hydrogens (tertiary/aromatic N) is 1. The third-order valence-corrected chi connectivity index (χ3v) is 4.40. The zero-order valence-electron chi connectivity index (χ0n) is 14.1. The van der Waals surface area contributed by atoms with Gasteiger partial charge >= 0.3 is 0 Å². The number of rotatable bonds is 4. The molecule has 0 fully saturated rings. The minimum atomic E-state index is -0.232. The summed E-state index contributed by atoms with van der Waals surface area (Å²) in [7, 11) is 0. The summed E-state index contributed by atoms with van der Waals surface area (Å²) in [5, 5.41) is 5.70. The summed E-state index contributed by atoms with van der Waals surface area (Å²) in [6, 6.07) is 15.1. The number of carbonyl (C=O) groups excluding carboxylic acids is 2. The van der Waals surface area contributed by atoms with Gasteiger partial charge in [-0.25, -0.2) is 0 Å². The van der Waals surface area contributed by atoms with Gasteiger partial charge in [0.15, 0.2) is 0 Å². The zero-order chi connectivity index (χ0) is 17.9. The van der Waals surface area contributed by atoms with Gasteiger partial charge in [-0.15, -0.1) is 0 Å². The lowest BCUT2D eigenvalue weighted by molar-refractivity contribution is 0.0938. The van der Waals surface area contributed by atoms with Crippen LogP contribution in [0.5, 0.6) is 0 Å². The Kier molecular flexibility index (Phi) is 4.23. The molecule has 26 heavy (non-hydrogen) atoms. The first-order valence-corrected chi connectivity index (χ1v) is 8.49. The molecule has 2 aromatic heterocycles. The van der Waals surface area contributed by atoms with Crippen molar-refractivity contribution in [3.8, 4) is 11.3 Å². The van der Waals surface area contributed by atoms with Crippen LogP contribution in [0.25, 0.3) is 11.3 Å². The third kappa shape index (κ3) is 3.21. The Morgan fingerprint density at radius 2 is 2.00 bits per heavy atom. The van der Waals surface area contributed by atoms with E-state index in [9.17, 15) is 9.59 Å². The van der Waals surface area contributed by atoms with Gasteiger partial charge in [-0.1, -0.05) is 30.3 Å². The van der Waals surface area contributed by atoms with Crippen molar-refractivity contribution in [1.82, 2.24) is 20.6 Å². The molecule has 1 aromatic carbocycles. The number of hydrogen-bond acceptors (Lipinski definition) is 3. The first-order chi connectivity index (χ1) is 12.7. The van der Waals surface area contributed by atoms with Gasteiger partial charge in [-0.2, -0.15) is 0 Å². The lowest BCUT2D eigenvalue weighted by Crippen LogP contribution is -2.31. The van der Waals surface area contributed by atoms with E-state index in [2.05, 4.69) is 20.6 Å². The quantitative estimate of drug-likeness (QED) is 0.677. The smallest absolute Gasteiger partial charge is 0.270 e. The second kappa shape index (κ2) is 6.84. The maximum atomic E-state index is 12.4. The van der Waals surface area contributed by atoms with Crippen LogP contribution in [0.3, 0.4) is 0 Å². The molecule has 3 N–H and O–H groups in total. The molecule has 2 amide bonds. The van der Waals surface area contributed by atoms with Gasteiger partial charge in [0, 0.05) is 42.7 Å². The molecule has 3 aromatic rings. The summed E-state index contributed by atoms with van der Waals surface area (Å²) < 4.78 is 0. The van der Waals surface area contributed by atoms with Crippen molar-refractivity contribution in [2.45, 2.75) is 13.0 Å². The van der Waals surface area contributed by atoms with Crippen LogP contribution in [0.4, 0.5) is 0 Å². The van der Waals surface area contributed by atoms with Crippen LogP contribution in [-0.2, 0) is 13.0 Å². The van der Waals surface area contributed by atoms with Crippen LogP contribution in [0, 0.1) is 0 Å². The van der Waals surface area contributed by atoms with Gasteiger partial charge < -0.3 is 15.6 Å². The number of H-pyrrole nitrogens is 1. The molecule has 0 unspecified atom stereocenters. The lowest BCUT2D eigenvalue weighted by atomic mass is 10.1. The Morgan fingerprint density at radius 1 is 1.15 bits per heavy atom. The lowest BCUT2D eigenvalue weighted by Gasteiger charge is -2.10. The number of fused-ring (bicyclic) bond motifs is 1. The van der Waals surface area contributed by atoms with Crippen molar-refractivity contribution in [1.29, 1.82) is 0 Å². The standard InChI is InChI=1S/C20H18N4O2/c25-19-15-11-17(24-16(15)7-9-22-19)14-6-8-21-18(10-14)20(26)23-12-13-4-2-1-3-5-13/h1-6,8,10-11,24H,7,9,12H2,(H,22,25)(H,23,26). The van der Waals surface area contributed by atoms with Gasteiger partial charge in [-0.3, -0.25) is 14.6 Å². The summed E-state index contributed by atoms with van der Waals surface area (Å²) in [6.45, 7) is 1.08. The summed E-state index contributed by atoms with van der Waals surface area (Å²) in [6.07, 6.45) is 2.38. The molecule has 1 aliphatic heterocycles. The Morgan fingerprint density at radius 3 is 2.81 bits per heavy atom. The summed E-state index contributed by atoms with van der Waals surface area (Å²) in [5.41, 5.74) is 4.60. The van der Waals surface area contributed by atoms with Crippen molar-refractivity contribution in [3.63, 3.8) is 0 Å². The average molecular weight is 346 g/mol. The number of benzene rings is 1. The molecule has 130 valence electrons. The fraction of sp³-hybridized carbons (Fsp3) is 0.150. The molecule has 0 spiro atoms. The van der Waals surface area contributed by atoms with E-state index in [1.54, 1.807) is 12.3 Å². The summed E-state index contributed by atoms with van der Waals surface area (Å²) >= 11 is 0. The fourth-order valence-corrected chi connectivity index (χ4v) is 3.04. The highest BCUT2D eigenvalue weighted by Crippen LogP contribution is 2.24. The van der Waals surface area contributed by atoms with E-state index in [1.807, 2.05) is 42.5 Å². The maximum Gasteiger partial charge on any atom is 0.270 e. The predicted octanol–water partition coefficient (Wildman–Crippen LogP) is 2.29. The Labute approximate surface area is 150 Å². The van der Waals surface area contributed by atoms with Crippen molar-refractivity contribution in [2.24, 2.45) is 0 Å². The van der Waals surface area contributed by atoms with Crippen LogP contribution in [0.2, 0.25) is 0 Å². The molecule has 0 radical (unpaired) electrons. The highest BCUT2D eigenvalue weighted by Gasteiger charge is 2.20. The summed E-state index contributed by atoms with van der Waals surface area (Å²) in [4.78, 5) is 31.8. The number of pyridine rings is 1. The minimum absolute atomic E-state index is 0.0661. The molecule has 0 saturated heterocycles. The SMILES string of the molecule is O=C(NCc1ccccc1)c1cc(-c2cc3c([nH]2)CCNC3=O)ccn1. The number of nitrogens with one attached hydrogen (secondary N) is 3. The first-order valence-electron chi connectivity index (χ1n) is 8.49. The number of amides is 2. The van der Waals surface area contributed by atoms with E-state index in [1.165, 1.54) is 0 Å². The Hall–Kier alpha value is -3.41. The molecular weight excluding hydrogens is 328 g/mol. The Balaban J connectivity index is 1.53. The van der Waals surface area contributed by atoms with E-state index in [0.29, 0.717) is 24.3 Å². The zero-order valence-corrected chi connectivity index (χ0v) is 14.1. The van der Waals surface area contributed by atoms with Gasteiger partial charge in [0.05, 0.1) is 5.56 Å². The maximum absolute atomic E-state index is 12.4. The van der Waals surface area contributed by atoms with Crippen LogP contribution < -0.4 is 10.6 Å². The first kappa shape index (κ1) is 16.1. The van der Waals surface area contributed by atoms with Crippen molar-refractivity contribution in [3.05, 3.63) is 77.2 Å². The third-order valence-electron chi connectivity index (χ3n) is 4.40. The average Bonchev–Trinajstić information content (AvgIpc) is 3.13. The largest absolute Gasteiger partial charge is 0.358 e. The second-order valence-corrected chi connectivity index (χ2v) is 6.18. The monoisotopic (exact) mass is 346 g/mol. The number of carbonyl (C=O) groups is 2. The molecule has 0 aliphatic carbocycles. The molecule has 0 atom stereocenters. The molecule has 3 heterocycles. The normalized spacial score (nSPS) is 13.0. The highest BCUT2D eigenvalue weighted by atomic mass is 16.2. The van der Waals surface area contributed by atoms with Gasteiger partial charge in [0.2, 0.25) is 0 Å². The number of hydrogen-bond donors (Lipinski definition) is 3. The number of aromatic nitrogens is 2. The predicted molar refractivity (Wildman–Crippen MR) is 97.7 cm³/mol. The van der Waals surface area contributed by atoms with Crippen molar-refractivity contribution in [2.75, 3.05) is 6.54 Å². The fourth-order valence-electron chi connectivity index (χ4n) is 3.04. The van der Waals surface area contributed by atoms with E-state index < -0.39 is 0 Å². The van der Waals surface area contributed by atoms with Crippen LogP contribution in [-0.4, -0.2) is 28.3 Å². The van der Waals surface area contributed by atoms with E-state index in [0.717, 1.165) is 28.9 Å². The van der Waals surface area contributed by atoms with Gasteiger partial charge in [-0.05, 0) is 23.8 Å². The van der Waals surface area contributed by atoms with Gasteiger partial charge in [0.25, 0.3) is 11.8 Å². The molecule has 1 aliphatic rings. The van der Waals surface area contributed by atoms with Crippen molar-refractivity contribution < 1.29 is 9.59 Å². The molecule has 0 bridgehead atoms. The molecule has 6 nitrogen and oxygen atoms in total. The molecule has 6 heteroatoms. The minimum Gasteiger partial charge on any atom is -0.358 e. The second-order valence-electron chi connectivity index (χ2n) is 6.18. The molecule has 4 rings (SSSR count). The Bertz CT molecular complexity index is 963. The topological polar surface area (TPSA) is 86.9 Å². The van der Waals surface area contributed by atoms with Gasteiger partial charge in [0.1, 0.15) is 5.69 Å². The van der Waals surface area contributed by atoms with E-state index in [4.69, 9.17) is 0 Å². The van der Waals surface area contributed by atoms with Crippen LogP contribution in [0.15, 0.2) is 54.7 Å². The van der Waals surface area contributed by atoms with Crippen molar-refractivity contribution >= 4 is 11.8 Å². The van der Waals surface area contributed by atoms with Crippen LogP contribution in [0.1, 0.15) is 32.1 Å². The summed E-state index contributed by atoms with van der Waals surface area (Å²) in [5.74, 6) is -0.298. The highest BCUT2D eigenvalue weighted by molar-refractivity contribution is 5.98. The molecule has 0 saturated carbocycles. The molecular formula is C20H18N4O2. The van der Waals surface area contributed by atoms with E-state index >= 15 is 0 Å².